The number of halogens is 1. The van der Waals surface area contributed by atoms with Crippen LogP contribution in [0.3, 0.4) is 0 Å². The topological polar surface area (TPSA) is 17.1 Å². The quantitative estimate of drug-likeness (QED) is 0.529. The molecule has 1 rings (SSSR count). The van der Waals surface area contributed by atoms with Crippen LogP contribution in [-0.2, 0) is 6.42 Å². The molecular formula is C12H13FO. The number of hydrogen-bond acceptors (Lipinski definition) is 1. The van der Waals surface area contributed by atoms with Gasteiger partial charge in [-0.1, -0.05) is 26.0 Å². The number of benzene rings is 1. The molecule has 0 amide bonds. The minimum atomic E-state index is -0.458. The second-order valence-electron chi connectivity index (χ2n) is 3.13. The number of hydrogen-bond donors (Lipinski definition) is 0. The predicted molar refractivity (Wildman–Crippen MR) is 54.9 cm³/mol. The monoisotopic (exact) mass is 192 g/mol. The van der Waals surface area contributed by atoms with Gasteiger partial charge in [-0.2, -0.15) is 0 Å². The summed E-state index contributed by atoms with van der Waals surface area (Å²) in [4.78, 5) is 11.1. The highest BCUT2D eigenvalue weighted by atomic mass is 19.1. The zero-order valence-electron chi connectivity index (χ0n) is 8.22. The van der Waals surface area contributed by atoms with Crippen molar-refractivity contribution < 1.29 is 9.18 Å². The van der Waals surface area contributed by atoms with E-state index >= 15 is 0 Å². The van der Waals surface area contributed by atoms with Crippen molar-refractivity contribution in [2.75, 3.05) is 0 Å². The fraction of sp³-hybridized carbons (Fsp3) is 0.250. The summed E-state index contributed by atoms with van der Waals surface area (Å²) >= 11 is 0. The number of aryl methyl sites for hydroxylation is 1. The molecule has 0 atom stereocenters. The fourth-order valence-electron chi connectivity index (χ4n) is 1.31. The van der Waals surface area contributed by atoms with Crippen LogP contribution in [0.4, 0.5) is 4.39 Å². The van der Waals surface area contributed by atoms with E-state index < -0.39 is 5.82 Å². The van der Waals surface area contributed by atoms with Gasteiger partial charge in [0.15, 0.2) is 5.78 Å². The van der Waals surface area contributed by atoms with Crippen LogP contribution in [0.5, 0.6) is 0 Å². The molecule has 0 bridgehead atoms. The van der Waals surface area contributed by atoms with Crippen LogP contribution < -0.4 is 0 Å². The maximum atomic E-state index is 13.3. The van der Waals surface area contributed by atoms with E-state index in [2.05, 4.69) is 6.58 Å². The molecule has 0 saturated carbocycles. The number of rotatable bonds is 4. The Balaban J connectivity index is 3.01. The molecule has 0 fully saturated rings. The van der Waals surface area contributed by atoms with Gasteiger partial charge < -0.3 is 0 Å². The molecule has 14 heavy (non-hydrogen) atoms. The van der Waals surface area contributed by atoms with E-state index in [1.165, 1.54) is 12.1 Å². The third-order valence-electron chi connectivity index (χ3n) is 2.02. The zero-order valence-corrected chi connectivity index (χ0v) is 8.22. The summed E-state index contributed by atoms with van der Waals surface area (Å²) in [6.07, 6.45) is 2.92. The SMILES string of the molecule is C=CC(=O)c1ccc(CCC)cc1F. The van der Waals surface area contributed by atoms with Gasteiger partial charge in [-0.05, 0) is 30.2 Å². The van der Waals surface area contributed by atoms with Crippen LogP contribution in [0, 0.1) is 5.82 Å². The highest BCUT2D eigenvalue weighted by Gasteiger charge is 2.08. The maximum absolute atomic E-state index is 13.3. The smallest absolute Gasteiger partial charge is 0.188 e. The van der Waals surface area contributed by atoms with Crippen molar-refractivity contribution in [3.63, 3.8) is 0 Å². The molecule has 0 spiro atoms. The largest absolute Gasteiger partial charge is 0.289 e. The highest BCUT2D eigenvalue weighted by Crippen LogP contribution is 2.12. The molecule has 0 aliphatic rings. The first-order valence-electron chi connectivity index (χ1n) is 4.64. The Morgan fingerprint density at radius 1 is 1.57 bits per heavy atom. The lowest BCUT2D eigenvalue weighted by molar-refractivity contribution is 0.104. The Kier molecular flexibility index (Phi) is 3.57. The van der Waals surface area contributed by atoms with Crippen molar-refractivity contribution >= 4 is 5.78 Å². The second kappa shape index (κ2) is 4.70. The summed E-state index contributed by atoms with van der Waals surface area (Å²) in [5, 5.41) is 0. The number of carbonyl (C=O) groups is 1. The van der Waals surface area contributed by atoms with Crippen LogP contribution in [-0.4, -0.2) is 5.78 Å². The molecule has 1 nitrogen and oxygen atoms in total. The first-order chi connectivity index (χ1) is 6.69. The van der Waals surface area contributed by atoms with Crippen molar-refractivity contribution in [3.8, 4) is 0 Å². The lowest BCUT2D eigenvalue weighted by Crippen LogP contribution is -1.99. The number of carbonyl (C=O) groups excluding carboxylic acids is 1. The van der Waals surface area contributed by atoms with Gasteiger partial charge in [-0.15, -0.1) is 0 Å². The van der Waals surface area contributed by atoms with E-state index in [1.54, 1.807) is 6.07 Å². The molecule has 0 heterocycles. The average Bonchev–Trinajstić information content (AvgIpc) is 2.17. The van der Waals surface area contributed by atoms with Crippen LogP contribution in [0.1, 0.15) is 29.3 Å². The van der Waals surface area contributed by atoms with Crippen LogP contribution in [0.2, 0.25) is 0 Å². The lowest BCUT2D eigenvalue weighted by Gasteiger charge is -2.02. The number of ketones is 1. The van der Waals surface area contributed by atoms with Gasteiger partial charge in [0.25, 0.3) is 0 Å². The molecular weight excluding hydrogens is 179 g/mol. The molecule has 0 N–H and O–H groups in total. The van der Waals surface area contributed by atoms with Gasteiger partial charge in [0.05, 0.1) is 5.56 Å². The van der Waals surface area contributed by atoms with Gasteiger partial charge >= 0.3 is 0 Å². The van der Waals surface area contributed by atoms with Gasteiger partial charge in [-0.3, -0.25) is 4.79 Å². The van der Waals surface area contributed by atoms with E-state index in [4.69, 9.17) is 0 Å². The Labute approximate surface area is 83.3 Å². The Morgan fingerprint density at radius 2 is 2.29 bits per heavy atom. The highest BCUT2D eigenvalue weighted by molar-refractivity contribution is 6.04. The van der Waals surface area contributed by atoms with Gasteiger partial charge in [0.1, 0.15) is 5.82 Å². The van der Waals surface area contributed by atoms with Crippen molar-refractivity contribution in [2.24, 2.45) is 0 Å². The molecule has 0 aliphatic heterocycles. The molecule has 0 aromatic heterocycles. The van der Waals surface area contributed by atoms with E-state index in [1.807, 2.05) is 6.92 Å². The summed E-state index contributed by atoms with van der Waals surface area (Å²) < 4.78 is 13.3. The van der Waals surface area contributed by atoms with Crippen molar-refractivity contribution in [1.82, 2.24) is 0 Å². The lowest BCUT2D eigenvalue weighted by atomic mass is 10.0. The standard InChI is InChI=1S/C12H13FO/c1-3-5-9-6-7-10(11(13)8-9)12(14)4-2/h4,6-8H,2-3,5H2,1H3. The third-order valence-corrected chi connectivity index (χ3v) is 2.02. The first-order valence-corrected chi connectivity index (χ1v) is 4.64. The molecule has 0 aliphatic carbocycles. The fourth-order valence-corrected chi connectivity index (χ4v) is 1.31. The molecule has 1 aromatic carbocycles. The van der Waals surface area contributed by atoms with E-state index in [9.17, 15) is 9.18 Å². The van der Waals surface area contributed by atoms with Crippen molar-refractivity contribution in [3.05, 3.63) is 47.8 Å². The summed E-state index contributed by atoms with van der Waals surface area (Å²) in [7, 11) is 0. The van der Waals surface area contributed by atoms with Crippen molar-refractivity contribution in [1.29, 1.82) is 0 Å². The number of allylic oxidation sites excluding steroid dienone is 1. The third kappa shape index (κ3) is 2.28. The predicted octanol–water partition coefficient (Wildman–Crippen LogP) is 3.15. The molecule has 74 valence electrons. The van der Waals surface area contributed by atoms with E-state index in [0.717, 1.165) is 24.5 Å². The van der Waals surface area contributed by atoms with Crippen LogP contribution in [0.15, 0.2) is 30.9 Å². The molecule has 0 unspecified atom stereocenters. The van der Waals surface area contributed by atoms with E-state index in [0.29, 0.717) is 0 Å². The Hall–Kier alpha value is -1.44. The van der Waals surface area contributed by atoms with Crippen LogP contribution >= 0.6 is 0 Å². The average molecular weight is 192 g/mol. The second-order valence-corrected chi connectivity index (χ2v) is 3.13. The zero-order chi connectivity index (χ0) is 10.6. The Morgan fingerprint density at radius 3 is 2.79 bits per heavy atom. The molecule has 1 aromatic rings. The summed E-state index contributed by atoms with van der Waals surface area (Å²) in [6, 6.07) is 4.72. The van der Waals surface area contributed by atoms with Gasteiger partial charge in [-0.25, -0.2) is 4.39 Å². The summed E-state index contributed by atoms with van der Waals surface area (Å²) in [6.45, 7) is 5.35. The van der Waals surface area contributed by atoms with Crippen LogP contribution in [0.25, 0.3) is 0 Å². The Bertz CT molecular complexity index is 355. The maximum Gasteiger partial charge on any atom is 0.188 e. The minimum absolute atomic E-state index is 0.0971. The molecule has 2 heteroatoms. The van der Waals surface area contributed by atoms with E-state index in [-0.39, 0.29) is 11.3 Å². The summed E-state index contributed by atoms with van der Waals surface area (Å²) in [5.74, 6) is -0.827. The summed E-state index contributed by atoms with van der Waals surface area (Å²) in [5.41, 5.74) is 1.02. The normalized spacial score (nSPS) is 9.86. The van der Waals surface area contributed by atoms with Crippen molar-refractivity contribution in [2.45, 2.75) is 19.8 Å². The molecule has 0 radical (unpaired) electrons. The first kappa shape index (κ1) is 10.6. The minimum Gasteiger partial charge on any atom is -0.289 e. The molecule has 0 saturated heterocycles. The van der Waals surface area contributed by atoms with Gasteiger partial charge in [0.2, 0.25) is 0 Å². The van der Waals surface area contributed by atoms with Gasteiger partial charge in [0, 0.05) is 0 Å².